The number of aliphatic carboxylic acids is 1. The molecule has 0 bridgehead atoms. The summed E-state index contributed by atoms with van der Waals surface area (Å²) in [5.74, 6) is -2.72. The molecule has 1 rings (SSSR count). The van der Waals surface area contributed by atoms with Crippen LogP contribution in [0.2, 0.25) is 0 Å². The second-order valence-electron chi connectivity index (χ2n) is 6.10. The van der Waals surface area contributed by atoms with Gasteiger partial charge in [0, 0.05) is 30.9 Å². The third-order valence-electron chi connectivity index (χ3n) is 4.06. The molecule has 2 amide bonds. The highest BCUT2D eigenvalue weighted by atomic mass is 32.2. The van der Waals surface area contributed by atoms with Crippen molar-refractivity contribution < 1.29 is 34.2 Å². The first kappa shape index (κ1) is 22.2. The summed E-state index contributed by atoms with van der Waals surface area (Å²) in [6.07, 6.45) is 1.11. The predicted molar refractivity (Wildman–Crippen MR) is 93.6 cm³/mol. The summed E-state index contributed by atoms with van der Waals surface area (Å²) in [5, 5.41) is 19.3. The van der Waals surface area contributed by atoms with Gasteiger partial charge in [0.2, 0.25) is 11.8 Å². The van der Waals surface area contributed by atoms with Crippen molar-refractivity contribution >= 4 is 35.5 Å². The summed E-state index contributed by atoms with van der Waals surface area (Å²) in [6, 6.07) is -1.94. The van der Waals surface area contributed by atoms with Crippen molar-refractivity contribution in [2.75, 3.05) is 24.7 Å². The Kier molecular flexibility index (Phi) is 8.86. The van der Waals surface area contributed by atoms with E-state index in [-0.39, 0.29) is 18.3 Å². The fourth-order valence-electron chi connectivity index (χ4n) is 2.69. The number of hydroxylamine groups is 2. The van der Waals surface area contributed by atoms with E-state index in [2.05, 4.69) is 0 Å². The van der Waals surface area contributed by atoms with E-state index in [1.807, 2.05) is 0 Å². The quantitative estimate of drug-likeness (QED) is 0.333. The first-order valence-corrected chi connectivity index (χ1v) is 9.62. The number of carboxylic acids is 1. The van der Waals surface area contributed by atoms with E-state index in [0.29, 0.717) is 30.2 Å². The number of esters is 1. The van der Waals surface area contributed by atoms with E-state index in [4.69, 9.17) is 4.74 Å². The van der Waals surface area contributed by atoms with Crippen LogP contribution in [0.5, 0.6) is 0 Å². The van der Waals surface area contributed by atoms with Gasteiger partial charge in [-0.15, -0.1) is 0 Å². The molecular weight excluding hydrogens is 364 g/mol. The minimum atomic E-state index is -1.15. The number of rotatable bonds is 9. The Bertz CT molecular complexity index is 543. The van der Waals surface area contributed by atoms with Gasteiger partial charge in [-0.05, 0) is 19.8 Å². The second-order valence-corrected chi connectivity index (χ2v) is 7.17. The van der Waals surface area contributed by atoms with Crippen molar-refractivity contribution in [3.63, 3.8) is 0 Å². The van der Waals surface area contributed by atoms with Gasteiger partial charge in [0.1, 0.15) is 6.04 Å². The molecule has 9 nitrogen and oxygen atoms in total. The normalized spacial score (nSPS) is 18.9. The van der Waals surface area contributed by atoms with Gasteiger partial charge < -0.3 is 14.7 Å². The average Bonchev–Trinajstić information content (AvgIpc) is 3.07. The Balaban J connectivity index is 2.59. The van der Waals surface area contributed by atoms with E-state index < -0.39 is 35.8 Å². The Labute approximate surface area is 156 Å². The molecule has 1 heterocycles. The minimum Gasteiger partial charge on any atom is -0.480 e. The van der Waals surface area contributed by atoms with Crippen molar-refractivity contribution in [3.8, 4) is 0 Å². The number of carboxylic acid groups (broad SMARTS) is 1. The molecule has 0 saturated carbocycles. The van der Waals surface area contributed by atoms with Crippen LogP contribution in [0, 0.1) is 5.92 Å². The number of carbonyl (C=O) groups is 4. The predicted octanol–water partition coefficient (Wildman–Crippen LogP) is 0.601. The van der Waals surface area contributed by atoms with Crippen molar-refractivity contribution in [1.82, 2.24) is 9.96 Å². The largest absolute Gasteiger partial charge is 0.480 e. The Morgan fingerprint density at radius 1 is 1.31 bits per heavy atom. The van der Waals surface area contributed by atoms with Gasteiger partial charge in [0.05, 0.1) is 6.61 Å². The van der Waals surface area contributed by atoms with E-state index >= 15 is 0 Å². The molecule has 0 aromatic heterocycles. The lowest BCUT2D eigenvalue weighted by Gasteiger charge is -2.26. The van der Waals surface area contributed by atoms with Crippen LogP contribution in [0.25, 0.3) is 0 Å². The van der Waals surface area contributed by atoms with Crippen LogP contribution >= 0.6 is 11.8 Å². The summed E-state index contributed by atoms with van der Waals surface area (Å²) in [5.41, 5.74) is 0. The summed E-state index contributed by atoms with van der Waals surface area (Å²) < 4.78 is 4.86. The number of carbonyl (C=O) groups excluding carboxylic acids is 3. The molecule has 1 aliphatic rings. The van der Waals surface area contributed by atoms with Gasteiger partial charge in [0.15, 0.2) is 6.04 Å². The topological polar surface area (TPSA) is 124 Å². The zero-order valence-corrected chi connectivity index (χ0v) is 16.0. The summed E-state index contributed by atoms with van der Waals surface area (Å²) in [4.78, 5) is 48.3. The van der Waals surface area contributed by atoms with Crippen molar-refractivity contribution in [1.29, 1.82) is 0 Å². The summed E-state index contributed by atoms with van der Waals surface area (Å²) in [7, 11) is 0. The fraction of sp³-hybridized carbons (Fsp3) is 0.750. The maximum Gasteiger partial charge on any atom is 0.332 e. The average molecular weight is 390 g/mol. The van der Waals surface area contributed by atoms with Crippen LogP contribution in [0.3, 0.4) is 0 Å². The highest BCUT2D eigenvalue weighted by molar-refractivity contribution is 7.99. The molecule has 3 unspecified atom stereocenters. The third-order valence-corrected chi connectivity index (χ3v) is 5.35. The van der Waals surface area contributed by atoms with Crippen LogP contribution in [0.4, 0.5) is 0 Å². The number of nitrogens with zero attached hydrogens (tertiary/aromatic N) is 2. The number of hydrogen-bond acceptors (Lipinski definition) is 7. The zero-order valence-electron chi connectivity index (χ0n) is 15.2. The van der Waals surface area contributed by atoms with Gasteiger partial charge >= 0.3 is 11.9 Å². The van der Waals surface area contributed by atoms with Crippen LogP contribution in [0.15, 0.2) is 0 Å². The molecule has 2 N–H and O–H groups in total. The first-order valence-electron chi connectivity index (χ1n) is 8.47. The van der Waals surface area contributed by atoms with Gasteiger partial charge in [-0.2, -0.15) is 11.8 Å². The molecular formula is C16H26N2O7S. The Hall–Kier alpha value is -1.81. The molecule has 1 saturated heterocycles. The van der Waals surface area contributed by atoms with Gasteiger partial charge in [-0.1, -0.05) is 6.92 Å². The number of hydrogen-bond donors (Lipinski definition) is 2. The maximum absolute atomic E-state index is 12.5. The van der Waals surface area contributed by atoms with Crippen molar-refractivity contribution in [2.24, 2.45) is 5.92 Å². The summed E-state index contributed by atoms with van der Waals surface area (Å²) in [6.45, 7) is 4.97. The van der Waals surface area contributed by atoms with E-state index in [9.17, 15) is 29.5 Å². The minimum absolute atomic E-state index is 0.0644. The second kappa shape index (κ2) is 10.4. The lowest BCUT2D eigenvalue weighted by atomic mass is 10.1. The molecule has 1 aliphatic heterocycles. The first-order chi connectivity index (χ1) is 12.2. The maximum atomic E-state index is 12.5. The van der Waals surface area contributed by atoms with Crippen LogP contribution in [0.1, 0.15) is 33.6 Å². The van der Waals surface area contributed by atoms with Gasteiger partial charge in [-0.3, -0.25) is 14.8 Å². The molecule has 0 aromatic carbocycles. The molecule has 0 aromatic rings. The Morgan fingerprint density at radius 2 is 1.96 bits per heavy atom. The smallest absolute Gasteiger partial charge is 0.332 e. The van der Waals surface area contributed by atoms with E-state index in [0.717, 1.165) is 6.92 Å². The van der Waals surface area contributed by atoms with E-state index in [1.54, 1.807) is 13.8 Å². The van der Waals surface area contributed by atoms with Gasteiger partial charge in [-0.25, -0.2) is 14.7 Å². The van der Waals surface area contributed by atoms with Crippen molar-refractivity contribution in [3.05, 3.63) is 0 Å². The standard InChI is InChI=1S/C16H26N2O7S/c1-4-25-16(23)13(18(24)11(3)19)9-26-8-10(2)14(20)17-7-5-6-12(17)15(21)22/h10,12-13,24H,4-9H2,1-3H3,(H,21,22). The molecule has 1 fully saturated rings. The number of likely N-dealkylation sites (tertiary alicyclic amines) is 1. The molecule has 26 heavy (non-hydrogen) atoms. The molecule has 148 valence electrons. The Morgan fingerprint density at radius 3 is 2.50 bits per heavy atom. The van der Waals surface area contributed by atoms with Crippen LogP contribution < -0.4 is 0 Å². The highest BCUT2D eigenvalue weighted by Gasteiger charge is 2.36. The summed E-state index contributed by atoms with van der Waals surface area (Å²) >= 11 is 1.22. The number of thioether (sulfide) groups is 1. The SMILES string of the molecule is CCOC(=O)C(CSCC(C)C(=O)N1CCCC1C(=O)O)N(O)C(C)=O. The van der Waals surface area contributed by atoms with Crippen molar-refractivity contribution in [2.45, 2.75) is 45.7 Å². The fourth-order valence-corrected chi connectivity index (χ4v) is 3.83. The monoisotopic (exact) mass is 390 g/mol. The lowest BCUT2D eigenvalue weighted by molar-refractivity contribution is -0.184. The molecule has 0 aliphatic carbocycles. The van der Waals surface area contributed by atoms with Crippen LogP contribution in [-0.2, 0) is 23.9 Å². The molecule has 0 radical (unpaired) electrons. The zero-order chi connectivity index (χ0) is 19.9. The van der Waals surface area contributed by atoms with Crippen LogP contribution in [-0.4, -0.2) is 80.8 Å². The van der Waals surface area contributed by atoms with Gasteiger partial charge in [0.25, 0.3) is 0 Å². The lowest BCUT2D eigenvalue weighted by Crippen LogP contribution is -2.45. The third kappa shape index (κ3) is 5.87. The number of ether oxygens (including phenoxy) is 1. The molecule has 0 spiro atoms. The molecule has 3 atom stereocenters. The number of amides is 2. The molecule has 10 heteroatoms. The van der Waals surface area contributed by atoms with E-state index in [1.165, 1.54) is 16.7 Å². The highest BCUT2D eigenvalue weighted by Crippen LogP contribution is 2.22.